The second-order valence-corrected chi connectivity index (χ2v) is 10.3. The van der Waals surface area contributed by atoms with Gasteiger partial charge in [0.05, 0.1) is 31.1 Å². The molecule has 0 radical (unpaired) electrons. The molecule has 1 fully saturated rings. The summed E-state index contributed by atoms with van der Waals surface area (Å²) in [7, 11) is -0.921. The molecule has 1 N–H and O–H groups in total. The summed E-state index contributed by atoms with van der Waals surface area (Å²) >= 11 is 0. The number of carbonyl (C=O) groups excluding carboxylic acids is 2. The molecular formula is C25H30N4O6S. The van der Waals surface area contributed by atoms with E-state index in [1.165, 1.54) is 20.3 Å². The van der Waals surface area contributed by atoms with Crippen molar-refractivity contribution in [3.8, 4) is 17.7 Å². The Hall–Kier alpha value is -3.65. The lowest BCUT2D eigenvalue weighted by atomic mass is 9.96. The Kier molecular flexibility index (Phi) is 8.88. The number of hydrogen-bond donors (Lipinski definition) is 1. The lowest BCUT2D eigenvalue weighted by Gasteiger charge is -2.32. The number of ketones is 1. The largest absolute Gasteiger partial charge is 0.497 e. The maximum Gasteiger partial charge on any atom is 0.239 e. The first-order valence-corrected chi connectivity index (χ1v) is 13.3. The van der Waals surface area contributed by atoms with Gasteiger partial charge in [-0.15, -0.1) is 0 Å². The molecule has 1 aromatic heterocycles. The number of carbonyl (C=O) groups is 2. The van der Waals surface area contributed by atoms with E-state index in [0.717, 1.165) is 0 Å². The number of nitriles is 1. The molecular weight excluding hydrogens is 484 g/mol. The minimum atomic E-state index is -3.86. The highest BCUT2D eigenvalue weighted by molar-refractivity contribution is 7.89. The predicted molar refractivity (Wildman–Crippen MR) is 133 cm³/mol. The van der Waals surface area contributed by atoms with E-state index in [1.807, 2.05) is 11.8 Å². The number of amides is 1. The first-order valence-electron chi connectivity index (χ1n) is 11.7. The van der Waals surface area contributed by atoms with E-state index < -0.39 is 21.8 Å². The minimum Gasteiger partial charge on any atom is -0.497 e. The van der Waals surface area contributed by atoms with Gasteiger partial charge in [0.2, 0.25) is 21.8 Å². The smallest absolute Gasteiger partial charge is 0.239 e. The van der Waals surface area contributed by atoms with Crippen molar-refractivity contribution < 1.29 is 27.5 Å². The molecule has 0 atom stereocenters. The SMILES string of the molecule is CCCC(=O)c1cc(C#N)c(N2CCC(C(=O)NS(=O)(=O)Cc3ccc(OC)cc3)CC2)nc1OC. The Morgan fingerprint density at radius 2 is 1.83 bits per heavy atom. The zero-order chi connectivity index (χ0) is 26.3. The Balaban J connectivity index is 1.65. The summed E-state index contributed by atoms with van der Waals surface area (Å²) in [5, 5.41) is 9.66. The number of nitrogens with one attached hydrogen (secondary N) is 1. The van der Waals surface area contributed by atoms with E-state index in [-0.39, 0.29) is 28.5 Å². The summed E-state index contributed by atoms with van der Waals surface area (Å²) < 4.78 is 37.6. The lowest BCUT2D eigenvalue weighted by molar-refractivity contribution is -0.123. The van der Waals surface area contributed by atoms with Crippen LogP contribution in [0, 0.1) is 17.2 Å². The number of Topliss-reactive ketones (excluding diaryl/α,β-unsaturated/α-hetero) is 1. The Labute approximate surface area is 211 Å². The van der Waals surface area contributed by atoms with Crippen LogP contribution in [0.4, 0.5) is 5.82 Å². The maximum atomic E-state index is 12.7. The number of benzene rings is 1. The van der Waals surface area contributed by atoms with Crippen molar-refractivity contribution >= 4 is 27.5 Å². The van der Waals surface area contributed by atoms with Crippen LogP contribution in [-0.2, 0) is 20.6 Å². The lowest BCUT2D eigenvalue weighted by Crippen LogP contribution is -2.43. The molecule has 1 amide bonds. The average Bonchev–Trinajstić information content (AvgIpc) is 2.88. The number of rotatable bonds is 10. The summed E-state index contributed by atoms with van der Waals surface area (Å²) in [5.74, 6) is -0.350. The standard InChI is InChI=1S/C25H30N4O6S/c1-4-5-22(30)21-14-19(15-26)23(27-25(21)35-3)29-12-10-18(11-13-29)24(31)28-36(32,33)16-17-6-8-20(34-2)9-7-17/h6-9,14,18H,4-5,10-13,16H2,1-3H3,(H,28,31). The molecule has 2 heterocycles. The van der Waals surface area contributed by atoms with E-state index in [2.05, 4.69) is 15.8 Å². The fourth-order valence-electron chi connectivity index (χ4n) is 4.10. The van der Waals surface area contributed by atoms with Gasteiger partial charge in [0.25, 0.3) is 0 Å². The first kappa shape index (κ1) is 26.9. The van der Waals surface area contributed by atoms with Crippen LogP contribution < -0.4 is 19.1 Å². The Morgan fingerprint density at radius 1 is 1.17 bits per heavy atom. The highest BCUT2D eigenvalue weighted by Gasteiger charge is 2.30. The zero-order valence-electron chi connectivity index (χ0n) is 20.6. The van der Waals surface area contributed by atoms with Gasteiger partial charge in [0.15, 0.2) is 11.6 Å². The molecule has 1 aliphatic rings. The molecule has 0 unspecified atom stereocenters. The summed E-state index contributed by atoms with van der Waals surface area (Å²) in [6.45, 7) is 2.68. The van der Waals surface area contributed by atoms with Gasteiger partial charge in [0.1, 0.15) is 11.8 Å². The number of pyridine rings is 1. The number of hydrogen-bond acceptors (Lipinski definition) is 9. The third-order valence-corrected chi connectivity index (χ3v) is 7.22. The van der Waals surface area contributed by atoms with Gasteiger partial charge in [-0.1, -0.05) is 19.1 Å². The number of piperidine rings is 1. The molecule has 0 bridgehead atoms. The number of sulfonamides is 1. The molecule has 0 aliphatic carbocycles. The van der Waals surface area contributed by atoms with Crippen molar-refractivity contribution in [3.05, 3.63) is 47.0 Å². The van der Waals surface area contributed by atoms with Crippen molar-refractivity contribution in [2.75, 3.05) is 32.2 Å². The van der Waals surface area contributed by atoms with Gasteiger partial charge in [0, 0.05) is 25.4 Å². The molecule has 11 heteroatoms. The second kappa shape index (κ2) is 11.9. The molecule has 1 aromatic carbocycles. The van der Waals surface area contributed by atoms with Gasteiger partial charge in [-0.2, -0.15) is 10.2 Å². The molecule has 0 spiro atoms. The van der Waals surface area contributed by atoms with E-state index in [4.69, 9.17) is 9.47 Å². The van der Waals surface area contributed by atoms with Crippen LogP contribution in [0.3, 0.4) is 0 Å². The van der Waals surface area contributed by atoms with E-state index in [1.54, 1.807) is 24.3 Å². The van der Waals surface area contributed by atoms with Crippen LogP contribution in [0.25, 0.3) is 0 Å². The Bertz CT molecular complexity index is 1250. The van der Waals surface area contributed by atoms with E-state index >= 15 is 0 Å². The van der Waals surface area contributed by atoms with Crippen molar-refractivity contribution in [3.63, 3.8) is 0 Å². The van der Waals surface area contributed by atoms with Gasteiger partial charge < -0.3 is 14.4 Å². The summed E-state index contributed by atoms with van der Waals surface area (Å²) in [4.78, 5) is 31.4. The molecule has 2 aromatic rings. The maximum absolute atomic E-state index is 12.7. The third kappa shape index (κ3) is 6.51. The summed E-state index contributed by atoms with van der Waals surface area (Å²) in [6.07, 6.45) is 1.76. The summed E-state index contributed by atoms with van der Waals surface area (Å²) in [6, 6.07) is 10.2. The number of methoxy groups -OCH3 is 2. The van der Waals surface area contributed by atoms with Gasteiger partial charge >= 0.3 is 0 Å². The molecule has 192 valence electrons. The van der Waals surface area contributed by atoms with Crippen molar-refractivity contribution in [2.24, 2.45) is 5.92 Å². The number of nitrogens with zero attached hydrogens (tertiary/aromatic N) is 3. The van der Waals surface area contributed by atoms with Crippen LogP contribution in [-0.4, -0.2) is 52.4 Å². The van der Waals surface area contributed by atoms with E-state index in [0.29, 0.717) is 55.9 Å². The van der Waals surface area contributed by atoms with Gasteiger partial charge in [-0.25, -0.2) is 8.42 Å². The van der Waals surface area contributed by atoms with Crippen LogP contribution in [0.2, 0.25) is 0 Å². The number of aromatic nitrogens is 1. The molecule has 1 saturated heterocycles. The quantitative estimate of drug-likeness (QED) is 0.474. The van der Waals surface area contributed by atoms with Crippen molar-refractivity contribution in [1.82, 2.24) is 9.71 Å². The fraction of sp³-hybridized carbons (Fsp3) is 0.440. The van der Waals surface area contributed by atoms with Crippen LogP contribution in [0.1, 0.15) is 54.1 Å². The zero-order valence-corrected chi connectivity index (χ0v) is 21.4. The van der Waals surface area contributed by atoms with Crippen LogP contribution >= 0.6 is 0 Å². The van der Waals surface area contributed by atoms with Crippen LogP contribution in [0.5, 0.6) is 11.6 Å². The highest BCUT2D eigenvalue weighted by Crippen LogP contribution is 2.30. The second-order valence-electron chi connectivity index (χ2n) is 8.54. The van der Waals surface area contributed by atoms with Gasteiger partial charge in [-0.3, -0.25) is 14.3 Å². The van der Waals surface area contributed by atoms with Crippen LogP contribution in [0.15, 0.2) is 30.3 Å². The molecule has 1 aliphatic heterocycles. The van der Waals surface area contributed by atoms with E-state index in [9.17, 15) is 23.3 Å². The topological polar surface area (TPSA) is 139 Å². The van der Waals surface area contributed by atoms with Gasteiger partial charge in [-0.05, 0) is 43.0 Å². The number of anilines is 1. The Morgan fingerprint density at radius 3 is 2.39 bits per heavy atom. The molecule has 36 heavy (non-hydrogen) atoms. The third-order valence-electron chi connectivity index (χ3n) is 6.00. The normalized spacial score (nSPS) is 14.1. The predicted octanol–water partition coefficient (Wildman–Crippen LogP) is 2.82. The molecule has 10 nitrogen and oxygen atoms in total. The summed E-state index contributed by atoms with van der Waals surface area (Å²) in [5.41, 5.74) is 1.06. The van der Waals surface area contributed by atoms with Crippen molar-refractivity contribution in [2.45, 2.75) is 38.4 Å². The minimum absolute atomic E-state index is 0.142. The average molecular weight is 515 g/mol. The fourth-order valence-corrected chi connectivity index (χ4v) is 5.27. The van der Waals surface area contributed by atoms with Crippen molar-refractivity contribution in [1.29, 1.82) is 5.26 Å². The molecule has 3 rings (SSSR count). The monoisotopic (exact) mass is 514 g/mol. The number of ether oxygens (including phenoxy) is 2. The highest BCUT2D eigenvalue weighted by atomic mass is 32.2. The molecule has 0 saturated carbocycles. The first-order chi connectivity index (χ1) is 17.2.